The van der Waals surface area contributed by atoms with E-state index in [1.54, 1.807) is 0 Å². The van der Waals surface area contributed by atoms with Gasteiger partial charge in [-0.25, -0.2) is 0 Å². The molecule has 0 amide bonds. The predicted molar refractivity (Wildman–Crippen MR) is 142 cm³/mol. The van der Waals surface area contributed by atoms with Gasteiger partial charge in [-0.2, -0.15) is 0 Å². The summed E-state index contributed by atoms with van der Waals surface area (Å²) in [6.45, 7) is 16.7. The zero-order valence-electron chi connectivity index (χ0n) is 24.0. The van der Waals surface area contributed by atoms with Crippen molar-refractivity contribution in [1.29, 1.82) is 0 Å². The summed E-state index contributed by atoms with van der Waals surface area (Å²) in [6.07, 6.45) is -1.59. The molecule has 1 aliphatic heterocycles. The molecule has 1 aromatic carbocycles. The molecule has 0 saturated carbocycles. The van der Waals surface area contributed by atoms with Crippen LogP contribution in [-0.4, -0.2) is 52.4 Å². The van der Waals surface area contributed by atoms with Crippen LogP contribution in [0, 0.1) is 12.8 Å². The molecule has 9 nitrogen and oxygen atoms in total. The maximum Gasteiger partial charge on any atom is 0.303 e. The third-order valence-corrected chi connectivity index (χ3v) is 6.64. The van der Waals surface area contributed by atoms with Crippen LogP contribution in [0.3, 0.4) is 0 Å². The van der Waals surface area contributed by atoms with Crippen molar-refractivity contribution in [2.45, 2.75) is 112 Å². The summed E-state index contributed by atoms with van der Waals surface area (Å²) < 4.78 is 31.6. The molecule has 5 atom stereocenters. The number of carbonyl (C=O) groups is 2. The molecule has 1 fully saturated rings. The van der Waals surface area contributed by atoms with E-state index in [0.717, 1.165) is 22.6 Å². The Balaban J connectivity index is 1.97. The first-order valence-electron chi connectivity index (χ1n) is 13.4. The van der Waals surface area contributed by atoms with Gasteiger partial charge < -0.3 is 23.7 Å². The number of hydrogen-bond acceptors (Lipinski definition) is 8. The van der Waals surface area contributed by atoms with Crippen LogP contribution < -0.4 is 9.47 Å². The Morgan fingerprint density at radius 3 is 2.16 bits per heavy atom. The lowest BCUT2D eigenvalue weighted by Crippen LogP contribution is -2.58. The summed E-state index contributed by atoms with van der Waals surface area (Å²) in [4.78, 5) is 24.0. The average molecular weight is 531 g/mol. The lowest BCUT2D eigenvalue weighted by Gasteiger charge is -2.43. The van der Waals surface area contributed by atoms with Crippen LogP contribution in [0.15, 0.2) is 24.3 Å². The number of carbonyl (C=O) groups excluding carboxylic acids is 2. The highest BCUT2D eigenvalue weighted by molar-refractivity contribution is 5.67. The number of rotatable bonds is 10. The monoisotopic (exact) mass is 530 g/mol. The molecule has 0 spiro atoms. The highest BCUT2D eigenvalue weighted by atomic mass is 16.7. The zero-order chi connectivity index (χ0) is 28.1. The minimum atomic E-state index is -1.00. The van der Waals surface area contributed by atoms with Crippen molar-refractivity contribution in [3.63, 3.8) is 0 Å². The second kappa shape index (κ2) is 12.7. The lowest BCUT2D eigenvalue weighted by atomic mass is 9.89. The molecule has 3 rings (SSSR count). The van der Waals surface area contributed by atoms with Crippen LogP contribution in [0.4, 0.5) is 0 Å². The number of esters is 2. The summed E-state index contributed by atoms with van der Waals surface area (Å²) >= 11 is 0. The molecule has 1 aromatic heterocycles. The van der Waals surface area contributed by atoms with Crippen molar-refractivity contribution in [3.8, 4) is 11.6 Å². The Bertz CT molecular complexity index is 1090. The van der Waals surface area contributed by atoms with Gasteiger partial charge >= 0.3 is 11.9 Å². The average Bonchev–Trinajstić information content (AvgIpc) is 3.13. The molecule has 9 heteroatoms. The van der Waals surface area contributed by atoms with Gasteiger partial charge in [-0.1, -0.05) is 26.0 Å². The minimum absolute atomic E-state index is 0.0958. The number of hydrogen-bond donors (Lipinski definition) is 0. The Hall–Kier alpha value is -3.07. The van der Waals surface area contributed by atoms with Crippen LogP contribution in [0.25, 0.3) is 0 Å². The van der Waals surface area contributed by atoms with E-state index in [-0.39, 0.29) is 24.2 Å². The standard InChI is InChI=1S/C29H42N2O7/c1-10-25-18(6)26(35-20(8)32)27(36-21(9)33)29(37-25)38-28-24(19(7)31(30-28)16(2)3)15-22-11-13-23(14-12-22)34-17(4)5/h11-14,16-18,25-27,29H,10,15H2,1-9H3/t18-,25-,26?,27?,29+/m1/s1. The van der Waals surface area contributed by atoms with E-state index in [0.29, 0.717) is 18.7 Å². The first-order chi connectivity index (χ1) is 17.9. The van der Waals surface area contributed by atoms with Crippen molar-refractivity contribution in [1.82, 2.24) is 9.78 Å². The van der Waals surface area contributed by atoms with E-state index in [4.69, 9.17) is 28.8 Å². The molecule has 1 saturated heterocycles. The van der Waals surface area contributed by atoms with E-state index >= 15 is 0 Å². The Morgan fingerprint density at radius 2 is 1.63 bits per heavy atom. The number of aromatic nitrogens is 2. The number of nitrogens with zero attached hydrogens (tertiary/aromatic N) is 2. The highest BCUT2D eigenvalue weighted by Crippen LogP contribution is 2.35. The van der Waals surface area contributed by atoms with Gasteiger partial charge in [0.15, 0.2) is 0 Å². The molecular weight excluding hydrogens is 488 g/mol. The van der Waals surface area contributed by atoms with Crippen molar-refractivity contribution in [2.24, 2.45) is 5.92 Å². The van der Waals surface area contributed by atoms with Gasteiger partial charge in [-0.15, -0.1) is 5.10 Å². The molecule has 0 bridgehead atoms. The van der Waals surface area contributed by atoms with E-state index in [1.807, 2.05) is 63.6 Å². The van der Waals surface area contributed by atoms with Crippen LogP contribution in [-0.2, 0) is 30.2 Å². The quantitative estimate of drug-likeness (QED) is 0.389. The Kier molecular flexibility index (Phi) is 9.82. The van der Waals surface area contributed by atoms with Crippen molar-refractivity contribution in [2.75, 3.05) is 0 Å². The number of ether oxygens (including phenoxy) is 5. The maximum atomic E-state index is 12.0. The third kappa shape index (κ3) is 7.07. The van der Waals surface area contributed by atoms with Gasteiger partial charge in [-0.3, -0.25) is 14.3 Å². The van der Waals surface area contributed by atoms with Crippen molar-refractivity contribution >= 4 is 11.9 Å². The van der Waals surface area contributed by atoms with Crippen LogP contribution in [0.2, 0.25) is 0 Å². The van der Waals surface area contributed by atoms with Gasteiger partial charge in [0.2, 0.25) is 18.3 Å². The summed E-state index contributed by atoms with van der Waals surface area (Å²) in [6, 6.07) is 8.06. The summed E-state index contributed by atoms with van der Waals surface area (Å²) in [5.74, 6) is 0.0335. The summed E-state index contributed by atoms with van der Waals surface area (Å²) in [7, 11) is 0. The molecule has 0 aliphatic carbocycles. The largest absolute Gasteiger partial charge is 0.491 e. The topological polar surface area (TPSA) is 98.1 Å². The second-order valence-electron chi connectivity index (χ2n) is 10.5. The van der Waals surface area contributed by atoms with Crippen molar-refractivity contribution < 1.29 is 33.3 Å². The van der Waals surface area contributed by atoms with E-state index in [1.165, 1.54) is 13.8 Å². The molecule has 2 heterocycles. The molecule has 0 N–H and O–H groups in total. The van der Waals surface area contributed by atoms with E-state index in [2.05, 4.69) is 13.8 Å². The smallest absolute Gasteiger partial charge is 0.303 e. The molecule has 2 aromatic rings. The van der Waals surface area contributed by atoms with Gasteiger partial charge in [0.05, 0.1) is 12.2 Å². The van der Waals surface area contributed by atoms with Gasteiger partial charge in [0.1, 0.15) is 11.9 Å². The fourth-order valence-corrected chi connectivity index (χ4v) is 4.88. The third-order valence-electron chi connectivity index (χ3n) is 6.64. The number of benzene rings is 1. The highest BCUT2D eigenvalue weighted by Gasteiger charge is 2.49. The fourth-order valence-electron chi connectivity index (χ4n) is 4.88. The van der Waals surface area contributed by atoms with Gasteiger partial charge in [-0.05, 0) is 58.7 Å². The second-order valence-corrected chi connectivity index (χ2v) is 10.5. The Morgan fingerprint density at radius 1 is 1.03 bits per heavy atom. The SMILES string of the molecule is CC[C@H]1O[C@@H](Oc2nn(C(C)C)c(C)c2Cc2ccc(OC(C)C)cc2)C(OC(C)=O)C(OC(C)=O)[C@@H]1C. The molecule has 38 heavy (non-hydrogen) atoms. The van der Waals surface area contributed by atoms with Crippen molar-refractivity contribution in [3.05, 3.63) is 41.1 Å². The van der Waals surface area contributed by atoms with Gasteiger partial charge in [0, 0.05) is 43.5 Å². The first kappa shape index (κ1) is 29.5. The molecule has 210 valence electrons. The van der Waals surface area contributed by atoms with E-state index in [9.17, 15) is 9.59 Å². The minimum Gasteiger partial charge on any atom is -0.491 e. The predicted octanol–water partition coefficient (Wildman–Crippen LogP) is 5.16. The van der Waals surface area contributed by atoms with E-state index < -0.39 is 30.4 Å². The zero-order valence-corrected chi connectivity index (χ0v) is 24.0. The molecule has 1 aliphatic rings. The van der Waals surface area contributed by atoms with Crippen LogP contribution in [0.5, 0.6) is 11.6 Å². The van der Waals surface area contributed by atoms with Crippen LogP contribution in [0.1, 0.15) is 84.7 Å². The summed E-state index contributed by atoms with van der Waals surface area (Å²) in [5.41, 5.74) is 2.93. The molecule has 0 radical (unpaired) electrons. The lowest BCUT2D eigenvalue weighted by molar-refractivity contribution is -0.267. The molecular formula is C29H42N2O7. The maximum absolute atomic E-state index is 12.0. The van der Waals surface area contributed by atoms with Gasteiger partial charge in [0.25, 0.3) is 0 Å². The normalized spacial score (nSPS) is 23.4. The molecule has 2 unspecified atom stereocenters. The fraction of sp³-hybridized carbons (Fsp3) is 0.621. The first-order valence-corrected chi connectivity index (χ1v) is 13.4. The van der Waals surface area contributed by atoms with Crippen LogP contribution >= 0.6 is 0 Å². The Labute approximate surface area is 225 Å². The summed E-state index contributed by atoms with van der Waals surface area (Å²) in [5, 5.41) is 4.77.